The lowest BCUT2D eigenvalue weighted by atomic mass is 10.1. The molecule has 0 heterocycles. The van der Waals surface area contributed by atoms with E-state index in [0.29, 0.717) is 19.3 Å². The van der Waals surface area contributed by atoms with Crippen molar-refractivity contribution < 1.29 is 28.6 Å². The Kier molecular flexibility index (Phi) is 59.0. The van der Waals surface area contributed by atoms with Crippen molar-refractivity contribution in [1.29, 1.82) is 0 Å². The van der Waals surface area contributed by atoms with Crippen LogP contribution in [0.15, 0.2) is 170 Å². The molecule has 0 spiro atoms. The molecule has 430 valence electrons. The zero-order valence-corrected chi connectivity index (χ0v) is 49.1. The molecule has 0 amide bonds. The van der Waals surface area contributed by atoms with Crippen LogP contribution in [-0.4, -0.2) is 37.2 Å². The third kappa shape index (κ3) is 61.5. The normalized spacial score (nSPS) is 13.3. The number of carbonyl (C=O) groups is 3. The Labute approximate surface area is 472 Å². The van der Waals surface area contributed by atoms with Crippen molar-refractivity contribution in [3.8, 4) is 0 Å². The Morgan fingerprint density at radius 1 is 0.273 bits per heavy atom. The zero-order valence-electron chi connectivity index (χ0n) is 49.1. The van der Waals surface area contributed by atoms with E-state index in [1.807, 2.05) is 0 Å². The van der Waals surface area contributed by atoms with Crippen LogP contribution >= 0.6 is 0 Å². The van der Waals surface area contributed by atoms with Crippen molar-refractivity contribution in [3.63, 3.8) is 0 Å². The highest BCUT2D eigenvalue weighted by atomic mass is 16.6. The van der Waals surface area contributed by atoms with Gasteiger partial charge in [0.05, 0.1) is 0 Å². The second-order valence-corrected chi connectivity index (χ2v) is 19.5. The number of unbranched alkanes of at least 4 members (excludes halogenated alkanes) is 14. The van der Waals surface area contributed by atoms with Gasteiger partial charge >= 0.3 is 17.9 Å². The zero-order chi connectivity index (χ0) is 55.7. The fourth-order valence-electron chi connectivity index (χ4n) is 7.70. The molecule has 6 heteroatoms. The van der Waals surface area contributed by atoms with E-state index in [2.05, 4.69) is 191 Å². The second-order valence-electron chi connectivity index (χ2n) is 19.5. The first-order valence-electron chi connectivity index (χ1n) is 30.6. The predicted molar refractivity (Wildman–Crippen MR) is 334 cm³/mol. The lowest BCUT2D eigenvalue weighted by Gasteiger charge is -2.18. The van der Waals surface area contributed by atoms with Gasteiger partial charge in [-0.3, -0.25) is 14.4 Å². The van der Waals surface area contributed by atoms with Crippen molar-refractivity contribution >= 4 is 17.9 Å². The van der Waals surface area contributed by atoms with Gasteiger partial charge < -0.3 is 14.2 Å². The van der Waals surface area contributed by atoms with E-state index in [-0.39, 0.29) is 37.5 Å². The number of rotatable bonds is 53. The van der Waals surface area contributed by atoms with Crippen LogP contribution in [0.3, 0.4) is 0 Å². The summed E-state index contributed by atoms with van der Waals surface area (Å²) in [5.74, 6) is -1.01. The highest BCUT2D eigenvalue weighted by molar-refractivity contribution is 5.71. The van der Waals surface area contributed by atoms with E-state index in [0.717, 1.165) is 154 Å². The van der Waals surface area contributed by atoms with Crippen LogP contribution in [0.25, 0.3) is 0 Å². The van der Waals surface area contributed by atoms with Gasteiger partial charge in [0, 0.05) is 19.3 Å². The van der Waals surface area contributed by atoms with Crippen LogP contribution in [0, 0.1) is 0 Å². The number of allylic oxidation sites excluding steroid dienone is 28. The Hall–Kier alpha value is -5.23. The van der Waals surface area contributed by atoms with Gasteiger partial charge in [0.1, 0.15) is 13.2 Å². The number of hydrogen-bond acceptors (Lipinski definition) is 6. The van der Waals surface area contributed by atoms with Crippen LogP contribution in [0.5, 0.6) is 0 Å². The van der Waals surface area contributed by atoms with Gasteiger partial charge in [-0.05, 0) is 128 Å². The maximum absolute atomic E-state index is 12.8. The summed E-state index contributed by atoms with van der Waals surface area (Å²) in [7, 11) is 0. The highest BCUT2D eigenvalue weighted by Gasteiger charge is 2.19. The summed E-state index contributed by atoms with van der Waals surface area (Å²) in [5.41, 5.74) is 0. The second kappa shape index (κ2) is 63.3. The maximum atomic E-state index is 12.8. The van der Waals surface area contributed by atoms with Gasteiger partial charge in [0.25, 0.3) is 0 Å². The first-order valence-corrected chi connectivity index (χ1v) is 30.6. The summed E-state index contributed by atoms with van der Waals surface area (Å²) in [5, 5.41) is 0. The minimum absolute atomic E-state index is 0.114. The third-order valence-electron chi connectivity index (χ3n) is 12.2. The minimum atomic E-state index is -0.824. The van der Waals surface area contributed by atoms with Crippen molar-refractivity contribution in [1.82, 2.24) is 0 Å². The molecular formula is C71H110O6. The van der Waals surface area contributed by atoms with Crippen LogP contribution in [-0.2, 0) is 28.6 Å². The van der Waals surface area contributed by atoms with Crippen LogP contribution in [0.4, 0.5) is 0 Å². The Morgan fingerprint density at radius 2 is 0.519 bits per heavy atom. The Bertz CT molecular complexity index is 1790. The van der Waals surface area contributed by atoms with Gasteiger partial charge in [-0.25, -0.2) is 0 Å². The van der Waals surface area contributed by atoms with Crippen LogP contribution in [0.2, 0.25) is 0 Å². The molecule has 1 atom stereocenters. The number of esters is 3. The maximum Gasteiger partial charge on any atom is 0.306 e. The Morgan fingerprint density at radius 3 is 0.831 bits per heavy atom. The summed E-state index contributed by atoms with van der Waals surface area (Å²) in [6.45, 7) is 6.31. The molecular weight excluding hydrogens is 949 g/mol. The lowest BCUT2D eigenvalue weighted by molar-refractivity contribution is -0.167. The lowest BCUT2D eigenvalue weighted by Crippen LogP contribution is -2.30. The van der Waals surface area contributed by atoms with Crippen molar-refractivity contribution in [2.75, 3.05) is 13.2 Å². The van der Waals surface area contributed by atoms with Crippen molar-refractivity contribution in [3.05, 3.63) is 170 Å². The van der Waals surface area contributed by atoms with E-state index >= 15 is 0 Å². The molecule has 0 saturated heterocycles. The SMILES string of the molecule is CC/C=C\C/C=C\C/C=C\C/C=C\C/C=C\C/C=C\C/C=C\CCCCCCCC(=O)OCC(COC(=O)CCCCCCCCCCC)OC(=O)CCC/C=C\C/C=C\C/C=C\C/C=C\C/C=C\C/C=C\C/C=C\CC. The average molecular weight is 1060 g/mol. The first-order chi connectivity index (χ1) is 38.0. The fourth-order valence-corrected chi connectivity index (χ4v) is 7.70. The van der Waals surface area contributed by atoms with E-state index in [4.69, 9.17) is 14.2 Å². The molecule has 0 aromatic carbocycles. The standard InChI is InChI=1S/C71H110O6/c1-4-7-10-13-16-19-21-23-25-27-29-31-33-34-35-36-38-39-41-43-45-47-49-52-55-58-61-64-70(73)76-67-68(66-75-69(72)63-60-57-54-51-18-15-12-9-6-3)77-71(74)65-62-59-56-53-50-48-46-44-42-40-37-32-30-28-26-24-22-20-17-14-11-8-5-2/h7-8,10-11,16-17,19-20,23-26,29-32,34-35,38-40,42-43,45-46,48,53,56,68H,4-6,9,12-15,18,21-22,27-28,33,36-37,41,44,47,49-52,54-55,57-67H2,1-3H3/b10-7-,11-8-,19-16-,20-17-,25-23-,26-24-,31-29-,32-30-,35-34-,39-38-,42-40-,45-43-,48-46-,56-53-. The molecule has 0 radical (unpaired) electrons. The van der Waals surface area contributed by atoms with Gasteiger partial charge in [-0.2, -0.15) is 0 Å². The van der Waals surface area contributed by atoms with E-state index in [1.54, 1.807) is 0 Å². The predicted octanol–water partition coefficient (Wildman–Crippen LogP) is 21.1. The molecule has 0 fully saturated rings. The summed E-state index contributed by atoms with van der Waals surface area (Å²) in [6.07, 6.45) is 93.6. The summed E-state index contributed by atoms with van der Waals surface area (Å²) in [6, 6.07) is 0. The van der Waals surface area contributed by atoms with E-state index in [9.17, 15) is 14.4 Å². The molecule has 0 aliphatic rings. The minimum Gasteiger partial charge on any atom is -0.462 e. The van der Waals surface area contributed by atoms with E-state index < -0.39 is 6.10 Å². The smallest absolute Gasteiger partial charge is 0.306 e. The average Bonchev–Trinajstić information content (AvgIpc) is 3.43. The quantitative estimate of drug-likeness (QED) is 0.0261. The summed E-state index contributed by atoms with van der Waals surface area (Å²) >= 11 is 0. The van der Waals surface area contributed by atoms with Gasteiger partial charge in [-0.1, -0.05) is 262 Å². The molecule has 0 bridgehead atoms. The summed E-state index contributed by atoms with van der Waals surface area (Å²) < 4.78 is 16.8. The molecule has 0 rings (SSSR count). The van der Waals surface area contributed by atoms with Gasteiger partial charge in [0.15, 0.2) is 6.10 Å². The Balaban J connectivity index is 4.43. The largest absolute Gasteiger partial charge is 0.462 e. The fraction of sp³-hybridized carbons (Fsp3) is 0.563. The molecule has 0 saturated carbocycles. The monoisotopic (exact) mass is 1060 g/mol. The number of ether oxygens (including phenoxy) is 3. The topological polar surface area (TPSA) is 78.9 Å². The third-order valence-corrected chi connectivity index (χ3v) is 12.2. The van der Waals surface area contributed by atoms with Crippen molar-refractivity contribution in [2.24, 2.45) is 0 Å². The highest BCUT2D eigenvalue weighted by Crippen LogP contribution is 2.13. The molecule has 1 unspecified atom stereocenters. The van der Waals surface area contributed by atoms with Crippen molar-refractivity contribution in [2.45, 2.75) is 245 Å². The summed E-state index contributed by atoms with van der Waals surface area (Å²) in [4.78, 5) is 38.1. The van der Waals surface area contributed by atoms with E-state index in [1.165, 1.54) is 38.5 Å². The first kappa shape index (κ1) is 71.8. The van der Waals surface area contributed by atoms with Crippen LogP contribution in [0.1, 0.15) is 239 Å². The molecule has 6 nitrogen and oxygen atoms in total. The van der Waals surface area contributed by atoms with Crippen LogP contribution < -0.4 is 0 Å². The molecule has 0 N–H and O–H groups in total. The molecule has 77 heavy (non-hydrogen) atoms. The molecule has 0 aromatic rings. The number of hydrogen-bond donors (Lipinski definition) is 0. The van der Waals surface area contributed by atoms with Gasteiger partial charge in [0.2, 0.25) is 0 Å². The number of carbonyl (C=O) groups excluding carboxylic acids is 3. The molecule has 0 aliphatic carbocycles. The molecule has 0 aromatic heterocycles. The van der Waals surface area contributed by atoms with Gasteiger partial charge in [-0.15, -0.1) is 0 Å². The molecule has 0 aliphatic heterocycles.